The summed E-state index contributed by atoms with van der Waals surface area (Å²) < 4.78 is 5.47. The number of nitrogens with zero attached hydrogens (tertiary/aromatic N) is 4. The monoisotopic (exact) mass is 349 g/mol. The van der Waals surface area contributed by atoms with Gasteiger partial charge in [-0.2, -0.15) is 4.98 Å². The molecule has 0 unspecified atom stereocenters. The number of aromatic nitrogens is 3. The summed E-state index contributed by atoms with van der Waals surface area (Å²) in [5, 5.41) is 7.14. The Hall–Kier alpha value is -3.06. The highest BCUT2D eigenvalue weighted by Crippen LogP contribution is 2.30. The van der Waals surface area contributed by atoms with Crippen LogP contribution >= 0.6 is 0 Å². The van der Waals surface area contributed by atoms with Crippen molar-refractivity contribution in [2.45, 2.75) is 18.5 Å². The molecule has 2 atom stereocenters. The number of rotatable bonds is 4. The predicted octanol–water partition coefficient (Wildman–Crippen LogP) is 2.31. The van der Waals surface area contributed by atoms with Crippen molar-refractivity contribution in [3.8, 4) is 11.4 Å². The molecule has 1 aliphatic rings. The Morgan fingerprint density at radius 3 is 2.85 bits per heavy atom. The van der Waals surface area contributed by atoms with Crippen molar-refractivity contribution in [2.24, 2.45) is 0 Å². The molecule has 1 N–H and O–H groups in total. The lowest BCUT2D eigenvalue weighted by Gasteiger charge is -2.14. The highest BCUT2D eigenvalue weighted by atomic mass is 16.5. The number of pyridine rings is 1. The maximum Gasteiger partial charge on any atom is 0.251 e. The smallest absolute Gasteiger partial charge is 0.251 e. The molecule has 0 radical (unpaired) electrons. The van der Waals surface area contributed by atoms with Gasteiger partial charge in [0, 0.05) is 36.1 Å². The molecule has 132 valence electrons. The van der Waals surface area contributed by atoms with Gasteiger partial charge in [-0.3, -0.25) is 14.7 Å². The second-order valence-corrected chi connectivity index (χ2v) is 6.43. The van der Waals surface area contributed by atoms with Crippen LogP contribution in [0.2, 0.25) is 0 Å². The summed E-state index contributed by atoms with van der Waals surface area (Å²) in [4.78, 5) is 23.1. The number of hydrogen-bond donors (Lipinski definition) is 1. The average molecular weight is 349 g/mol. The molecule has 7 nitrogen and oxygen atoms in total. The maximum atomic E-state index is 12.4. The molecule has 1 aromatic carbocycles. The van der Waals surface area contributed by atoms with Crippen molar-refractivity contribution >= 4 is 5.91 Å². The molecule has 1 aliphatic heterocycles. The summed E-state index contributed by atoms with van der Waals surface area (Å²) in [5.74, 6) is 1.02. The van der Waals surface area contributed by atoms with Crippen molar-refractivity contribution in [1.29, 1.82) is 0 Å². The van der Waals surface area contributed by atoms with Gasteiger partial charge in [-0.15, -0.1) is 0 Å². The maximum absolute atomic E-state index is 12.4. The van der Waals surface area contributed by atoms with Gasteiger partial charge in [0.2, 0.25) is 11.7 Å². The van der Waals surface area contributed by atoms with Crippen LogP contribution in [0.3, 0.4) is 0 Å². The van der Waals surface area contributed by atoms with Crippen LogP contribution in [-0.4, -0.2) is 45.6 Å². The Morgan fingerprint density at radius 2 is 2.08 bits per heavy atom. The average Bonchev–Trinajstić information content (AvgIpc) is 3.30. The molecule has 0 bridgehead atoms. The Kier molecular flexibility index (Phi) is 4.45. The first-order chi connectivity index (χ1) is 12.7. The molecule has 3 heterocycles. The van der Waals surface area contributed by atoms with E-state index in [1.807, 2.05) is 49.5 Å². The molecule has 1 fully saturated rings. The number of amides is 1. The lowest BCUT2D eigenvalue weighted by atomic mass is 10.1. The van der Waals surface area contributed by atoms with Crippen LogP contribution < -0.4 is 5.32 Å². The highest BCUT2D eigenvalue weighted by molar-refractivity contribution is 5.94. The Bertz CT molecular complexity index is 881. The molecule has 3 aromatic rings. The first kappa shape index (κ1) is 16.4. The van der Waals surface area contributed by atoms with Crippen molar-refractivity contribution in [2.75, 3.05) is 13.6 Å². The third kappa shape index (κ3) is 3.34. The number of benzene rings is 1. The van der Waals surface area contributed by atoms with E-state index in [1.165, 1.54) is 0 Å². The van der Waals surface area contributed by atoms with E-state index in [4.69, 9.17) is 4.52 Å². The first-order valence-electron chi connectivity index (χ1n) is 8.51. The van der Waals surface area contributed by atoms with Gasteiger partial charge in [0.25, 0.3) is 5.91 Å². The standard InChI is InChI=1S/C19H19N5O2/c1-24-12-15(21-18(25)13-6-3-2-4-7-13)10-16(24)19-22-17(23-26-19)14-8-5-9-20-11-14/h2-9,11,15-16H,10,12H2,1H3,(H,21,25)/t15-,16-/m0/s1. The number of likely N-dealkylation sites (tertiary alicyclic amines) is 1. The largest absolute Gasteiger partial charge is 0.348 e. The van der Waals surface area contributed by atoms with Crippen molar-refractivity contribution in [3.63, 3.8) is 0 Å². The van der Waals surface area contributed by atoms with Crippen LogP contribution in [0.5, 0.6) is 0 Å². The summed E-state index contributed by atoms with van der Waals surface area (Å²) in [6.45, 7) is 0.730. The molecule has 7 heteroatoms. The number of likely N-dealkylation sites (N-methyl/N-ethyl adjacent to an activating group) is 1. The number of hydrogen-bond acceptors (Lipinski definition) is 6. The van der Waals surface area contributed by atoms with Crippen molar-refractivity contribution in [3.05, 3.63) is 66.3 Å². The zero-order valence-corrected chi connectivity index (χ0v) is 14.4. The molecular weight excluding hydrogens is 330 g/mol. The topological polar surface area (TPSA) is 84.2 Å². The number of carbonyl (C=O) groups excluding carboxylic acids is 1. The van der Waals surface area contributed by atoms with Crippen LogP contribution in [0, 0.1) is 0 Å². The molecular formula is C19H19N5O2. The van der Waals surface area contributed by atoms with Crippen molar-refractivity contribution < 1.29 is 9.32 Å². The van der Waals surface area contributed by atoms with Gasteiger partial charge >= 0.3 is 0 Å². The van der Waals surface area contributed by atoms with E-state index in [9.17, 15) is 4.79 Å². The molecule has 1 saturated heterocycles. The third-order valence-electron chi connectivity index (χ3n) is 4.57. The number of carbonyl (C=O) groups is 1. The van der Waals surface area contributed by atoms with Crippen LogP contribution in [0.15, 0.2) is 59.4 Å². The Balaban J connectivity index is 1.44. The lowest BCUT2D eigenvalue weighted by Crippen LogP contribution is -2.36. The molecule has 4 rings (SSSR count). The van der Waals surface area contributed by atoms with Gasteiger partial charge in [0.1, 0.15) is 0 Å². The Morgan fingerprint density at radius 1 is 1.23 bits per heavy atom. The highest BCUT2D eigenvalue weighted by Gasteiger charge is 2.35. The molecule has 2 aromatic heterocycles. The molecule has 26 heavy (non-hydrogen) atoms. The van der Waals surface area contributed by atoms with Crippen LogP contribution in [0.1, 0.15) is 28.7 Å². The van der Waals surface area contributed by atoms with Crippen molar-refractivity contribution in [1.82, 2.24) is 25.3 Å². The van der Waals surface area contributed by atoms with Gasteiger partial charge in [-0.25, -0.2) is 0 Å². The van der Waals surface area contributed by atoms with E-state index in [0.717, 1.165) is 18.5 Å². The first-order valence-corrected chi connectivity index (χ1v) is 8.51. The molecule has 0 spiro atoms. The van der Waals surface area contributed by atoms with Gasteiger partial charge in [-0.1, -0.05) is 23.4 Å². The Labute approximate surface area is 151 Å². The zero-order chi connectivity index (χ0) is 17.9. The number of nitrogens with one attached hydrogen (secondary N) is 1. The van der Waals surface area contributed by atoms with Gasteiger partial charge in [-0.05, 0) is 37.7 Å². The van der Waals surface area contributed by atoms with Gasteiger partial charge in [0.15, 0.2) is 0 Å². The third-order valence-corrected chi connectivity index (χ3v) is 4.57. The second kappa shape index (κ2) is 7.05. The minimum atomic E-state index is -0.0637. The molecule has 0 saturated carbocycles. The summed E-state index contributed by atoms with van der Waals surface area (Å²) in [7, 11) is 1.99. The van der Waals surface area contributed by atoms with Gasteiger partial charge in [0.05, 0.1) is 6.04 Å². The van der Waals surface area contributed by atoms with E-state index in [2.05, 4.69) is 25.3 Å². The minimum absolute atomic E-state index is 0.0194. The van der Waals surface area contributed by atoms with E-state index < -0.39 is 0 Å². The SMILES string of the molecule is CN1C[C@@H](NC(=O)c2ccccc2)C[C@H]1c1nc(-c2cccnc2)no1. The summed E-state index contributed by atoms with van der Waals surface area (Å²) in [5.41, 5.74) is 1.48. The van der Waals surface area contributed by atoms with E-state index >= 15 is 0 Å². The van der Waals surface area contributed by atoms with E-state index in [-0.39, 0.29) is 18.0 Å². The van der Waals surface area contributed by atoms with Gasteiger partial charge < -0.3 is 9.84 Å². The summed E-state index contributed by atoms with van der Waals surface area (Å²) in [6.07, 6.45) is 4.13. The summed E-state index contributed by atoms with van der Waals surface area (Å²) >= 11 is 0. The summed E-state index contributed by atoms with van der Waals surface area (Å²) in [6, 6.07) is 13.0. The quantitative estimate of drug-likeness (QED) is 0.778. The molecule has 1 amide bonds. The van der Waals surface area contributed by atoms with Crippen LogP contribution in [0.25, 0.3) is 11.4 Å². The fraction of sp³-hybridized carbons (Fsp3) is 0.263. The van der Waals surface area contributed by atoms with Crippen LogP contribution in [-0.2, 0) is 0 Å². The normalized spacial score (nSPS) is 20.2. The van der Waals surface area contributed by atoms with E-state index in [1.54, 1.807) is 12.4 Å². The molecule has 0 aliphatic carbocycles. The zero-order valence-electron chi connectivity index (χ0n) is 14.4. The predicted molar refractivity (Wildman–Crippen MR) is 95.2 cm³/mol. The fourth-order valence-corrected chi connectivity index (χ4v) is 3.23. The van der Waals surface area contributed by atoms with Crippen LogP contribution in [0.4, 0.5) is 0 Å². The minimum Gasteiger partial charge on any atom is -0.348 e. The fourth-order valence-electron chi connectivity index (χ4n) is 3.23. The van der Waals surface area contributed by atoms with E-state index in [0.29, 0.717) is 17.3 Å². The lowest BCUT2D eigenvalue weighted by molar-refractivity contribution is 0.0938. The second-order valence-electron chi connectivity index (χ2n) is 6.43.